The molecule has 2 amide bonds. The molecule has 3 aromatic rings. The maximum atomic E-state index is 13.8. The zero-order valence-electron chi connectivity index (χ0n) is 29.1. The van der Waals surface area contributed by atoms with Crippen LogP contribution in [0.3, 0.4) is 0 Å². The Morgan fingerprint density at radius 1 is 1.20 bits per heavy atom. The first kappa shape index (κ1) is 39.9. The lowest BCUT2D eigenvalue weighted by Crippen LogP contribution is -2.37. The van der Waals surface area contributed by atoms with Gasteiger partial charge in [0.1, 0.15) is 11.6 Å². The van der Waals surface area contributed by atoms with Gasteiger partial charge in [0.05, 0.1) is 12.8 Å². The van der Waals surface area contributed by atoms with Crippen molar-refractivity contribution in [1.29, 1.82) is 0 Å². The average molecular weight is 640 g/mol. The number of piperidine rings is 1. The van der Waals surface area contributed by atoms with Gasteiger partial charge in [-0.05, 0) is 76.4 Å². The number of pyridine rings is 1. The number of hydrazine groups is 1. The van der Waals surface area contributed by atoms with Crippen molar-refractivity contribution in [2.24, 2.45) is 0 Å². The van der Waals surface area contributed by atoms with Crippen LogP contribution >= 0.6 is 0 Å². The normalized spacial score (nSPS) is 14.3. The second kappa shape index (κ2) is 22.4. The molecule has 3 heterocycles. The Morgan fingerprint density at radius 2 is 1.93 bits per heavy atom. The van der Waals surface area contributed by atoms with E-state index < -0.39 is 0 Å². The third-order valence-corrected chi connectivity index (χ3v) is 7.43. The summed E-state index contributed by atoms with van der Waals surface area (Å²) in [7, 11) is 4.86. The van der Waals surface area contributed by atoms with Crippen molar-refractivity contribution in [3.05, 3.63) is 70.4 Å². The fraction of sp³-hybridized carbons (Fsp3) is 0.486. The number of H-pyrrole nitrogens is 1. The first-order chi connectivity index (χ1) is 22.2. The van der Waals surface area contributed by atoms with Crippen molar-refractivity contribution >= 4 is 18.4 Å². The molecule has 1 unspecified atom stereocenters. The summed E-state index contributed by atoms with van der Waals surface area (Å²) in [5, 5.41) is 10.2. The van der Waals surface area contributed by atoms with Gasteiger partial charge in [-0.15, -0.1) is 0 Å². The summed E-state index contributed by atoms with van der Waals surface area (Å²) in [6.45, 7) is 13.9. The molecule has 46 heavy (non-hydrogen) atoms. The summed E-state index contributed by atoms with van der Waals surface area (Å²) in [4.78, 5) is 27.7. The molecule has 4 N–H and O–H groups in total. The lowest BCUT2D eigenvalue weighted by molar-refractivity contribution is -0.117. The van der Waals surface area contributed by atoms with E-state index in [1.165, 1.54) is 25.3 Å². The molecule has 0 spiro atoms. The van der Waals surface area contributed by atoms with Crippen LogP contribution in [0.4, 0.5) is 4.39 Å². The molecule has 254 valence electrons. The minimum atomic E-state index is -0.165. The SMILES string of the molecule is CC.CC/C(=C\c1c(-c2ccnc(C)c2)n[nH]c1CC)C(=O)NC.CNNC=O.COc1cccc(F)c1CN1CCCCC1C. The highest BCUT2D eigenvalue weighted by Crippen LogP contribution is 2.28. The Balaban J connectivity index is 0.000000391. The van der Waals surface area contributed by atoms with E-state index in [-0.39, 0.29) is 11.7 Å². The standard InChI is InChI=1S/C17H22N4O.C14H20FNO.C2H6N2O.C2H6/c1-5-12(17(22)18-4)10-14-15(6-2)20-21-16(14)13-7-8-19-11(3)9-13;1-11-6-3-4-9-16(11)10-12-13(15)7-5-8-14(12)17-2;1-3-4-2-5;1-2/h7-10H,5-6H2,1-4H3,(H,18,22)(H,20,21);5,7-8,11H,3-4,6,9-10H2,1-2H3;2-3H,1H3,(H,4,5);1-2H3/b12-10+;;;. The van der Waals surface area contributed by atoms with Crippen molar-refractivity contribution in [2.45, 2.75) is 86.2 Å². The number of methoxy groups -OCH3 is 1. The van der Waals surface area contributed by atoms with Gasteiger partial charge in [-0.3, -0.25) is 30.0 Å². The molecule has 10 nitrogen and oxygen atoms in total. The molecule has 1 aliphatic rings. The van der Waals surface area contributed by atoms with Crippen LogP contribution < -0.4 is 20.9 Å². The Morgan fingerprint density at radius 3 is 2.48 bits per heavy atom. The number of nitrogens with one attached hydrogen (secondary N) is 4. The van der Waals surface area contributed by atoms with Crippen LogP contribution in [0.25, 0.3) is 17.3 Å². The van der Waals surface area contributed by atoms with E-state index in [1.54, 1.807) is 33.5 Å². The molecule has 0 bridgehead atoms. The van der Waals surface area contributed by atoms with Crippen molar-refractivity contribution < 1.29 is 18.7 Å². The first-order valence-corrected chi connectivity index (χ1v) is 16.1. The number of likely N-dealkylation sites (tertiary alicyclic amines) is 1. The van der Waals surface area contributed by atoms with Gasteiger partial charge in [0.2, 0.25) is 12.3 Å². The molecule has 1 fully saturated rings. The second-order valence-corrected chi connectivity index (χ2v) is 10.4. The van der Waals surface area contributed by atoms with Crippen LogP contribution in [0, 0.1) is 12.7 Å². The molecule has 0 aliphatic carbocycles. The number of nitrogens with zero attached hydrogens (tertiary/aromatic N) is 3. The number of carbonyl (C=O) groups excluding carboxylic acids is 2. The van der Waals surface area contributed by atoms with Crippen LogP contribution in [0.5, 0.6) is 5.75 Å². The second-order valence-electron chi connectivity index (χ2n) is 10.4. The molecular formula is C35H54FN7O3. The summed E-state index contributed by atoms with van der Waals surface area (Å²) in [5.74, 6) is 0.438. The molecular weight excluding hydrogens is 585 g/mol. The lowest BCUT2D eigenvalue weighted by atomic mass is 10.0. The Hall–Kier alpha value is -4.09. The van der Waals surface area contributed by atoms with Gasteiger partial charge in [0.15, 0.2) is 0 Å². The fourth-order valence-corrected chi connectivity index (χ4v) is 4.93. The third kappa shape index (κ3) is 12.4. The predicted octanol–water partition coefficient (Wildman–Crippen LogP) is 5.98. The largest absolute Gasteiger partial charge is 0.496 e. The number of aryl methyl sites for hydroxylation is 2. The highest BCUT2D eigenvalue weighted by molar-refractivity contribution is 5.98. The van der Waals surface area contributed by atoms with Crippen LogP contribution in [0.15, 0.2) is 42.1 Å². The minimum absolute atomic E-state index is 0.0531. The summed E-state index contributed by atoms with van der Waals surface area (Å²) in [6, 6.07) is 9.49. The number of benzene rings is 1. The van der Waals surface area contributed by atoms with Gasteiger partial charge in [0.25, 0.3) is 0 Å². The molecule has 0 saturated carbocycles. The van der Waals surface area contributed by atoms with Gasteiger partial charge >= 0.3 is 0 Å². The first-order valence-electron chi connectivity index (χ1n) is 16.1. The van der Waals surface area contributed by atoms with Crippen molar-refractivity contribution in [3.8, 4) is 17.0 Å². The number of hydrogen-bond acceptors (Lipinski definition) is 7. The monoisotopic (exact) mass is 639 g/mol. The van der Waals surface area contributed by atoms with Gasteiger partial charge in [-0.25, -0.2) is 9.82 Å². The summed E-state index contributed by atoms with van der Waals surface area (Å²) < 4.78 is 19.0. The number of rotatable bonds is 10. The fourth-order valence-electron chi connectivity index (χ4n) is 4.93. The van der Waals surface area contributed by atoms with E-state index in [2.05, 4.69) is 50.1 Å². The number of hydrogen-bond donors (Lipinski definition) is 4. The number of ether oxygens (including phenoxy) is 1. The number of carbonyl (C=O) groups is 2. The lowest BCUT2D eigenvalue weighted by Gasteiger charge is -2.33. The maximum absolute atomic E-state index is 13.8. The van der Waals surface area contributed by atoms with Gasteiger partial charge in [0, 0.05) is 66.5 Å². The molecule has 0 radical (unpaired) electrons. The number of aromatic amines is 1. The summed E-state index contributed by atoms with van der Waals surface area (Å²) in [5.41, 5.74) is 10.8. The Kier molecular flexibility index (Phi) is 19.5. The molecule has 1 aliphatic heterocycles. The van der Waals surface area contributed by atoms with E-state index >= 15 is 0 Å². The van der Waals surface area contributed by atoms with Crippen molar-refractivity contribution in [2.75, 3.05) is 27.7 Å². The Bertz CT molecular complexity index is 1360. The molecule has 1 saturated heterocycles. The molecule has 1 atom stereocenters. The van der Waals surface area contributed by atoms with Gasteiger partial charge < -0.3 is 10.1 Å². The van der Waals surface area contributed by atoms with Crippen LogP contribution in [0.1, 0.15) is 82.8 Å². The summed E-state index contributed by atoms with van der Waals surface area (Å²) >= 11 is 0. The van der Waals surface area contributed by atoms with E-state index in [0.717, 1.165) is 46.7 Å². The van der Waals surface area contributed by atoms with Crippen LogP contribution in [-0.4, -0.2) is 66.2 Å². The van der Waals surface area contributed by atoms with E-state index in [1.807, 2.05) is 52.0 Å². The topological polar surface area (TPSA) is 124 Å². The number of aromatic nitrogens is 3. The quantitative estimate of drug-likeness (QED) is 0.122. The number of halogens is 1. The number of likely N-dealkylation sites (N-methyl/N-ethyl adjacent to an activating group) is 1. The smallest absolute Gasteiger partial charge is 0.246 e. The highest BCUT2D eigenvalue weighted by Gasteiger charge is 2.21. The molecule has 2 aromatic heterocycles. The van der Waals surface area contributed by atoms with E-state index in [0.29, 0.717) is 36.7 Å². The minimum Gasteiger partial charge on any atom is -0.496 e. The van der Waals surface area contributed by atoms with Crippen LogP contribution in [-0.2, 0) is 22.6 Å². The van der Waals surface area contributed by atoms with Crippen molar-refractivity contribution in [3.63, 3.8) is 0 Å². The third-order valence-electron chi connectivity index (χ3n) is 7.43. The van der Waals surface area contributed by atoms with Crippen LogP contribution in [0.2, 0.25) is 0 Å². The van der Waals surface area contributed by atoms with E-state index in [4.69, 9.17) is 4.74 Å². The zero-order chi connectivity index (χ0) is 34.5. The molecule has 1 aromatic carbocycles. The summed E-state index contributed by atoms with van der Waals surface area (Å²) in [6.07, 6.45) is 9.48. The predicted molar refractivity (Wildman–Crippen MR) is 185 cm³/mol. The Labute approximate surface area is 274 Å². The number of amides is 2. The van der Waals surface area contributed by atoms with E-state index in [9.17, 15) is 14.0 Å². The molecule has 11 heteroatoms. The van der Waals surface area contributed by atoms with Crippen molar-refractivity contribution in [1.82, 2.24) is 36.2 Å². The average Bonchev–Trinajstić information content (AvgIpc) is 3.49. The highest BCUT2D eigenvalue weighted by atomic mass is 19.1. The maximum Gasteiger partial charge on any atom is 0.246 e. The van der Waals surface area contributed by atoms with Gasteiger partial charge in [-0.1, -0.05) is 40.2 Å². The molecule has 4 rings (SSSR count). The zero-order valence-corrected chi connectivity index (χ0v) is 29.1. The van der Waals surface area contributed by atoms with Gasteiger partial charge in [-0.2, -0.15) is 5.10 Å².